The van der Waals surface area contributed by atoms with Gasteiger partial charge < -0.3 is 14.9 Å². The number of aryl methyl sites for hydroxylation is 1. The van der Waals surface area contributed by atoms with Crippen molar-refractivity contribution in [3.05, 3.63) is 90.0 Å². The molecule has 4 rings (SSSR count). The quantitative estimate of drug-likeness (QED) is 0.495. The Bertz CT molecular complexity index is 1090. The Morgan fingerprint density at radius 3 is 2.59 bits per heavy atom. The third-order valence-corrected chi connectivity index (χ3v) is 4.93. The van der Waals surface area contributed by atoms with E-state index >= 15 is 0 Å². The number of nitrogens with two attached hydrogens (primary N) is 1. The standard InChI is InChI=1S/C24H24FN3O/c1-17-10-12-28-16-23(27-24(28)14-17)19-4-8-22(9-5-19)29-13-11-21(26)15-18-2-6-20(25)7-3-18/h2-10,12,14,16,21H,11,13,15,26H2,1H3. The average Bonchev–Trinajstić information content (AvgIpc) is 3.13. The summed E-state index contributed by atoms with van der Waals surface area (Å²) >= 11 is 0. The van der Waals surface area contributed by atoms with Crippen LogP contribution in [0.25, 0.3) is 16.9 Å². The monoisotopic (exact) mass is 389 g/mol. The lowest BCUT2D eigenvalue weighted by Crippen LogP contribution is -2.25. The smallest absolute Gasteiger partial charge is 0.137 e. The van der Waals surface area contributed by atoms with E-state index in [4.69, 9.17) is 10.5 Å². The topological polar surface area (TPSA) is 52.5 Å². The zero-order valence-electron chi connectivity index (χ0n) is 16.4. The van der Waals surface area contributed by atoms with Crippen LogP contribution in [0.4, 0.5) is 4.39 Å². The first kappa shape index (κ1) is 19.2. The van der Waals surface area contributed by atoms with Crippen molar-refractivity contribution in [3.63, 3.8) is 0 Å². The molecule has 2 heterocycles. The number of pyridine rings is 1. The van der Waals surface area contributed by atoms with Crippen molar-refractivity contribution in [1.82, 2.24) is 9.38 Å². The molecule has 2 aromatic heterocycles. The van der Waals surface area contributed by atoms with E-state index in [9.17, 15) is 4.39 Å². The van der Waals surface area contributed by atoms with Crippen LogP contribution >= 0.6 is 0 Å². The zero-order valence-corrected chi connectivity index (χ0v) is 16.4. The second kappa shape index (κ2) is 8.45. The molecule has 0 bridgehead atoms. The van der Waals surface area contributed by atoms with Crippen molar-refractivity contribution in [2.75, 3.05) is 6.61 Å². The van der Waals surface area contributed by atoms with E-state index in [0.717, 1.165) is 34.6 Å². The van der Waals surface area contributed by atoms with Gasteiger partial charge in [-0.25, -0.2) is 9.37 Å². The number of fused-ring (bicyclic) bond motifs is 1. The Kier molecular flexibility index (Phi) is 5.58. The third-order valence-electron chi connectivity index (χ3n) is 4.93. The van der Waals surface area contributed by atoms with Crippen molar-refractivity contribution in [2.45, 2.75) is 25.8 Å². The van der Waals surface area contributed by atoms with Gasteiger partial charge in [0.15, 0.2) is 0 Å². The molecule has 0 aliphatic carbocycles. The van der Waals surface area contributed by atoms with Crippen LogP contribution in [0.2, 0.25) is 0 Å². The van der Waals surface area contributed by atoms with Crippen LogP contribution in [-0.2, 0) is 6.42 Å². The number of imidazole rings is 1. The summed E-state index contributed by atoms with van der Waals surface area (Å²) in [6.45, 7) is 2.60. The number of ether oxygens (including phenoxy) is 1. The Balaban J connectivity index is 1.31. The molecule has 0 saturated heterocycles. The fourth-order valence-electron chi connectivity index (χ4n) is 3.30. The highest BCUT2D eigenvalue weighted by Crippen LogP contribution is 2.23. The van der Waals surface area contributed by atoms with Gasteiger partial charge in [0, 0.05) is 24.0 Å². The molecule has 1 atom stereocenters. The number of rotatable bonds is 7. The number of hydrogen-bond donors (Lipinski definition) is 1. The fraction of sp³-hybridized carbons (Fsp3) is 0.208. The van der Waals surface area contributed by atoms with Crippen LogP contribution in [0.5, 0.6) is 5.75 Å². The maximum Gasteiger partial charge on any atom is 0.137 e. The van der Waals surface area contributed by atoms with Gasteiger partial charge in [-0.15, -0.1) is 0 Å². The molecule has 0 spiro atoms. The molecule has 2 aromatic carbocycles. The van der Waals surface area contributed by atoms with Crippen molar-refractivity contribution < 1.29 is 9.13 Å². The second-order valence-electron chi connectivity index (χ2n) is 7.35. The molecule has 0 aliphatic heterocycles. The van der Waals surface area contributed by atoms with Gasteiger partial charge in [-0.05, 0) is 79.4 Å². The first-order valence-corrected chi connectivity index (χ1v) is 9.75. The van der Waals surface area contributed by atoms with Gasteiger partial charge in [-0.2, -0.15) is 0 Å². The first-order valence-electron chi connectivity index (χ1n) is 9.75. The van der Waals surface area contributed by atoms with Crippen molar-refractivity contribution >= 4 is 5.65 Å². The Hall–Kier alpha value is -3.18. The molecule has 4 aromatic rings. The fourth-order valence-corrected chi connectivity index (χ4v) is 3.30. The predicted molar refractivity (Wildman–Crippen MR) is 114 cm³/mol. The minimum absolute atomic E-state index is 0.0267. The van der Waals surface area contributed by atoms with E-state index < -0.39 is 0 Å². The Morgan fingerprint density at radius 2 is 1.83 bits per heavy atom. The van der Waals surface area contributed by atoms with E-state index in [2.05, 4.69) is 24.0 Å². The van der Waals surface area contributed by atoms with Crippen LogP contribution < -0.4 is 10.5 Å². The van der Waals surface area contributed by atoms with Crippen molar-refractivity contribution in [2.24, 2.45) is 5.73 Å². The van der Waals surface area contributed by atoms with Crippen LogP contribution in [0, 0.1) is 12.7 Å². The number of halogens is 1. The Labute approximate surface area is 169 Å². The SMILES string of the molecule is Cc1ccn2cc(-c3ccc(OCCC(N)Cc4ccc(F)cc4)cc3)nc2c1. The van der Waals surface area contributed by atoms with Gasteiger partial charge in [0.2, 0.25) is 0 Å². The van der Waals surface area contributed by atoms with Gasteiger partial charge in [0.1, 0.15) is 17.2 Å². The molecule has 1 unspecified atom stereocenters. The van der Waals surface area contributed by atoms with Gasteiger partial charge in [-0.1, -0.05) is 12.1 Å². The molecule has 5 heteroatoms. The first-order chi connectivity index (χ1) is 14.1. The summed E-state index contributed by atoms with van der Waals surface area (Å²) < 4.78 is 20.8. The lowest BCUT2D eigenvalue weighted by atomic mass is 10.0. The van der Waals surface area contributed by atoms with Gasteiger partial charge >= 0.3 is 0 Å². The molecule has 4 nitrogen and oxygen atoms in total. The molecule has 0 radical (unpaired) electrons. The van der Waals surface area contributed by atoms with Crippen LogP contribution in [0.3, 0.4) is 0 Å². The maximum atomic E-state index is 13.0. The van der Waals surface area contributed by atoms with Crippen LogP contribution in [-0.4, -0.2) is 22.0 Å². The van der Waals surface area contributed by atoms with Crippen molar-refractivity contribution in [1.29, 1.82) is 0 Å². The zero-order chi connectivity index (χ0) is 20.2. The van der Waals surface area contributed by atoms with Crippen LogP contribution in [0.15, 0.2) is 73.1 Å². The highest BCUT2D eigenvalue weighted by molar-refractivity contribution is 5.63. The highest BCUT2D eigenvalue weighted by atomic mass is 19.1. The number of aromatic nitrogens is 2. The summed E-state index contributed by atoms with van der Waals surface area (Å²) in [4.78, 5) is 4.69. The predicted octanol–water partition coefficient (Wildman–Crippen LogP) is 4.79. The molecule has 0 saturated carbocycles. The molecule has 0 amide bonds. The number of benzene rings is 2. The largest absolute Gasteiger partial charge is 0.494 e. The molecule has 0 aliphatic rings. The van der Waals surface area contributed by atoms with Gasteiger partial charge in [0.25, 0.3) is 0 Å². The minimum Gasteiger partial charge on any atom is -0.494 e. The van der Waals surface area contributed by atoms with E-state index in [-0.39, 0.29) is 11.9 Å². The number of nitrogens with zero attached hydrogens (tertiary/aromatic N) is 2. The molecule has 148 valence electrons. The summed E-state index contributed by atoms with van der Waals surface area (Å²) in [6, 6.07) is 18.5. The van der Waals surface area contributed by atoms with Crippen LogP contribution in [0.1, 0.15) is 17.5 Å². The molecular weight excluding hydrogens is 365 g/mol. The van der Waals surface area contributed by atoms with E-state index in [1.165, 1.54) is 17.7 Å². The normalized spacial score (nSPS) is 12.2. The molecule has 0 fully saturated rings. The third kappa shape index (κ3) is 4.81. The average molecular weight is 389 g/mol. The molecular formula is C24H24FN3O. The van der Waals surface area contributed by atoms with Crippen molar-refractivity contribution in [3.8, 4) is 17.0 Å². The maximum absolute atomic E-state index is 13.0. The van der Waals surface area contributed by atoms with E-state index in [0.29, 0.717) is 13.0 Å². The lowest BCUT2D eigenvalue weighted by Gasteiger charge is -2.13. The summed E-state index contributed by atoms with van der Waals surface area (Å²) in [5.41, 5.74) is 11.3. The van der Waals surface area contributed by atoms with Gasteiger partial charge in [-0.3, -0.25) is 0 Å². The number of hydrogen-bond acceptors (Lipinski definition) is 3. The second-order valence-corrected chi connectivity index (χ2v) is 7.35. The summed E-state index contributed by atoms with van der Waals surface area (Å²) in [5.74, 6) is 0.579. The Morgan fingerprint density at radius 1 is 1.07 bits per heavy atom. The summed E-state index contributed by atoms with van der Waals surface area (Å²) in [5, 5.41) is 0. The van der Waals surface area contributed by atoms with E-state index in [1.807, 2.05) is 41.1 Å². The lowest BCUT2D eigenvalue weighted by molar-refractivity contribution is 0.297. The summed E-state index contributed by atoms with van der Waals surface area (Å²) in [7, 11) is 0. The van der Waals surface area contributed by atoms with Gasteiger partial charge in [0.05, 0.1) is 12.3 Å². The minimum atomic E-state index is -0.229. The molecule has 2 N–H and O–H groups in total. The molecule has 29 heavy (non-hydrogen) atoms. The van der Waals surface area contributed by atoms with E-state index in [1.54, 1.807) is 12.1 Å². The summed E-state index contributed by atoms with van der Waals surface area (Å²) in [6.07, 6.45) is 5.48. The highest BCUT2D eigenvalue weighted by Gasteiger charge is 2.07.